The summed E-state index contributed by atoms with van der Waals surface area (Å²) in [5, 5.41) is 0. The fourth-order valence-electron chi connectivity index (χ4n) is 2.55. The van der Waals surface area contributed by atoms with Gasteiger partial charge >= 0.3 is 0 Å². The summed E-state index contributed by atoms with van der Waals surface area (Å²) in [6.07, 6.45) is 3.70. The van der Waals surface area contributed by atoms with Crippen molar-refractivity contribution in [3.05, 3.63) is 0 Å². The molecule has 1 aliphatic rings. The van der Waals surface area contributed by atoms with E-state index in [-0.39, 0.29) is 0 Å². The van der Waals surface area contributed by atoms with Gasteiger partial charge in [-0.15, -0.1) is 0 Å². The van der Waals surface area contributed by atoms with Crippen LogP contribution in [0.5, 0.6) is 0 Å². The van der Waals surface area contributed by atoms with Gasteiger partial charge in [0.05, 0.1) is 0 Å². The molecule has 0 spiro atoms. The molecule has 0 aliphatic carbocycles. The van der Waals surface area contributed by atoms with E-state index in [2.05, 4.69) is 30.7 Å². The van der Waals surface area contributed by atoms with Crippen LogP contribution in [0, 0.1) is 5.92 Å². The van der Waals surface area contributed by atoms with Crippen molar-refractivity contribution in [1.82, 2.24) is 9.80 Å². The fraction of sp³-hybridized carbons (Fsp3) is 0.929. The highest BCUT2D eigenvalue weighted by molar-refractivity contribution is 5.76. The highest BCUT2D eigenvalue weighted by atomic mass is 16.2. The van der Waals surface area contributed by atoms with Gasteiger partial charge in [0, 0.05) is 25.6 Å². The van der Waals surface area contributed by atoms with Crippen molar-refractivity contribution in [2.45, 2.75) is 45.6 Å². The molecular formula is C14H29N3O. The number of nitrogens with zero attached hydrogens (tertiary/aromatic N) is 2. The second-order valence-electron chi connectivity index (χ2n) is 5.64. The number of amides is 1. The van der Waals surface area contributed by atoms with Crippen LogP contribution in [0.1, 0.15) is 39.5 Å². The number of rotatable bonds is 5. The van der Waals surface area contributed by atoms with Gasteiger partial charge in [-0.1, -0.05) is 13.8 Å². The average molecular weight is 255 g/mol. The summed E-state index contributed by atoms with van der Waals surface area (Å²) in [4.78, 5) is 16.8. The second-order valence-corrected chi connectivity index (χ2v) is 5.64. The minimum Gasteiger partial charge on any atom is -0.338 e. The van der Waals surface area contributed by atoms with Crippen molar-refractivity contribution in [3.8, 4) is 0 Å². The Morgan fingerprint density at radius 1 is 1.44 bits per heavy atom. The monoisotopic (exact) mass is 255 g/mol. The number of hydrogen-bond acceptors (Lipinski definition) is 3. The number of nitrogens with two attached hydrogens (primary N) is 1. The van der Waals surface area contributed by atoms with Crippen molar-refractivity contribution in [2.24, 2.45) is 11.7 Å². The number of carbonyl (C=O) groups excluding carboxylic acids is 1. The van der Waals surface area contributed by atoms with E-state index in [9.17, 15) is 4.79 Å². The van der Waals surface area contributed by atoms with E-state index in [0.717, 1.165) is 38.9 Å². The van der Waals surface area contributed by atoms with Crippen LogP contribution in [0.2, 0.25) is 0 Å². The molecule has 106 valence electrons. The van der Waals surface area contributed by atoms with Gasteiger partial charge in [0.2, 0.25) is 5.91 Å². The minimum atomic E-state index is 0.317. The van der Waals surface area contributed by atoms with Crippen LogP contribution in [-0.2, 0) is 4.79 Å². The molecule has 0 aromatic carbocycles. The topological polar surface area (TPSA) is 49.6 Å². The third kappa shape index (κ3) is 4.58. The molecule has 2 atom stereocenters. The van der Waals surface area contributed by atoms with Crippen LogP contribution in [-0.4, -0.2) is 55.0 Å². The van der Waals surface area contributed by atoms with Gasteiger partial charge in [-0.25, -0.2) is 0 Å². The molecule has 4 nitrogen and oxygen atoms in total. The van der Waals surface area contributed by atoms with Crippen LogP contribution < -0.4 is 5.73 Å². The number of likely N-dealkylation sites (N-methyl/N-ethyl adjacent to an activating group) is 1. The molecule has 0 bridgehead atoms. The molecule has 18 heavy (non-hydrogen) atoms. The van der Waals surface area contributed by atoms with Crippen LogP contribution >= 0.6 is 0 Å². The van der Waals surface area contributed by atoms with Crippen LogP contribution in [0.3, 0.4) is 0 Å². The molecule has 2 N–H and O–H groups in total. The lowest BCUT2D eigenvalue weighted by Crippen LogP contribution is -2.43. The lowest BCUT2D eigenvalue weighted by atomic mass is 10.0. The predicted molar refractivity (Wildman–Crippen MR) is 75.4 cm³/mol. The summed E-state index contributed by atoms with van der Waals surface area (Å²) in [5.74, 6) is 0.765. The first kappa shape index (κ1) is 15.4. The fourth-order valence-corrected chi connectivity index (χ4v) is 2.55. The first-order valence-corrected chi connectivity index (χ1v) is 7.26. The van der Waals surface area contributed by atoms with E-state index in [1.165, 1.54) is 0 Å². The van der Waals surface area contributed by atoms with Gasteiger partial charge in [-0.3, -0.25) is 4.79 Å². The van der Waals surface area contributed by atoms with E-state index in [1.807, 2.05) is 0 Å². The van der Waals surface area contributed by atoms with E-state index < -0.39 is 0 Å². The molecule has 1 fully saturated rings. The Balaban J connectivity index is 2.52. The Morgan fingerprint density at radius 3 is 2.78 bits per heavy atom. The predicted octanol–water partition coefficient (Wildman–Crippen LogP) is 1.30. The largest absolute Gasteiger partial charge is 0.338 e. The van der Waals surface area contributed by atoms with Gasteiger partial charge in [0.1, 0.15) is 0 Å². The first-order valence-electron chi connectivity index (χ1n) is 7.26. The Kier molecular flexibility index (Phi) is 6.65. The maximum Gasteiger partial charge on any atom is 0.222 e. The van der Waals surface area contributed by atoms with E-state index in [4.69, 9.17) is 5.73 Å². The molecule has 1 amide bonds. The smallest absolute Gasteiger partial charge is 0.222 e. The summed E-state index contributed by atoms with van der Waals surface area (Å²) < 4.78 is 0. The molecular weight excluding hydrogens is 226 g/mol. The molecule has 1 saturated heterocycles. The zero-order valence-corrected chi connectivity index (χ0v) is 12.2. The maximum absolute atomic E-state index is 12.3. The summed E-state index contributed by atoms with van der Waals surface area (Å²) in [6, 6.07) is 0.387. The zero-order chi connectivity index (χ0) is 13.5. The Morgan fingerprint density at radius 2 is 2.17 bits per heavy atom. The molecule has 1 rings (SSSR count). The highest BCUT2D eigenvalue weighted by Gasteiger charge is 2.25. The zero-order valence-electron chi connectivity index (χ0n) is 12.2. The highest BCUT2D eigenvalue weighted by Crippen LogP contribution is 2.15. The Bertz CT molecular complexity index is 257. The molecule has 2 unspecified atom stereocenters. The van der Waals surface area contributed by atoms with Crippen molar-refractivity contribution in [3.63, 3.8) is 0 Å². The molecule has 0 aromatic rings. The molecule has 1 heterocycles. The molecule has 0 radical (unpaired) electrons. The third-order valence-electron chi connectivity index (χ3n) is 3.95. The van der Waals surface area contributed by atoms with Gasteiger partial charge in [0.15, 0.2) is 0 Å². The summed E-state index contributed by atoms with van der Waals surface area (Å²) in [7, 11) is 2.15. The second kappa shape index (κ2) is 7.74. The average Bonchev–Trinajstić information content (AvgIpc) is 2.56. The van der Waals surface area contributed by atoms with Crippen LogP contribution in [0.15, 0.2) is 0 Å². The van der Waals surface area contributed by atoms with Crippen molar-refractivity contribution < 1.29 is 4.79 Å². The lowest BCUT2D eigenvalue weighted by Gasteiger charge is -2.30. The quantitative estimate of drug-likeness (QED) is 0.805. The van der Waals surface area contributed by atoms with E-state index in [0.29, 0.717) is 30.8 Å². The number of carbonyl (C=O) groups is 1. The van der Waals surface area contributed by atoms with E-state index in [1.54, 1.807) is 0 Å². The van der Waals surface area contributed by atoms with Crippen molar-refractivity contribution in [2.75, 3.05) is 33.2 Å². The Labute approximate surface area is 111 Å². The minimum absolute atomic E-state index is 0.317. The van der Waals surface area contributed by atoms with Crippen LogP contribution in [0.25, 0.3) is 0 Å². The molecule has 4 heteroatoms. The molecule has 0 aromatic heterocycles. The van der Waals surface area contributed by atoms with E-state index >= 15 is 0 Å². The van der Waals surface area contributed by atoms with Gasteiger partial charge in [-0.2, -0.15) is 0 Å². The SMILES string of the molecule is CCC1CN(C)CCCN1C(=O)CCC(C)CN. The normalized spacial score (nSPS) is 23.8. The third-order valence-corrected chi connectivity index (χ3v) is 3.95. The summed E-state index contributed by atoms with van der Waals surface area (Å²) in [5.41, 5.74) is 5.60. The maximum atomic E-state index is 12.3. The standard InChI is InChI=1S/C14H29N3O/c1-4-13-11-16(3)8-5-9-17(13)14(18)7-6-12(2)10-15/h12-13H,4-11,15H2,1-3H3. The van der Waals surface area contributed by atoms with Crippen molar-refractivity contribution >= 4 is 5.91 Å². The molecule has 0 saturated carbocycles. The van der Waals surface area contributed by atoms with Gasteiger partial charge in [0.25, 0.3) is 0 Å². The first-order chi connectivity index (χ1) is 8.58. The van der Waals surface area contributed by atoms with Crippen molar-refractivity contribution in [1.29, 1.82) is 0 Å². The number of hydrogen-bond donors (Lipinski definition) is 1. The summed E-state index contributed by atoms with van der Waals surface area (Å²) in [6.45, 7) is 7.98. The van der Waals surface area contributed by atoms with Gasteiger partial charge in [-0.05, 0) is 45.3 Å². The lowest BCUT2D eigenvalue weighted by molar-refractivity contribution is -0.133. The summed E-state index contributed by atoms with van der Waals surface area (Å²) >= 11 is 0. The van der Waals surface area contributed by atoms with Crippen LogP contribution in [0.4, 0.5) is 0 Å². The van der Waals surface area contributed by atoms with Gasteiger partial charge < -0.3 is 15.5 Å². The molecule has 1 aliphatic heterocycles. The Hall–Kier alpha value is -0.610.